The van der Waals surface area contributed by atoms with E-state index in [0.29, 0.717) is 16.5 Å². The third-order valence-electron chi connectivity index (χ3n) is 3.95. The highest BCUT2D eigenvalue weighted by Crippen LogP contribution is 2.25. The van der Waals surface area contributed by atoms with Crippen molar-refractivity contribution in [3.05, 3.63) is 41.0 Å². The van der Waals surface area contributed by atoms with Crippen LogP contribution in [0, 0.1) is 5.92 Å². The Morgan fingerprint density at radius 3 is 2.86 bits per heavy atom. The second-order valence-corrected chi connectivity index (χ2v) is 6.10. The summed E-state index contributed by atoms with van der Waals surface area (Å²) < 4.78 is 0. The van der Waals surface area contributed by atoms with Crippen molar-refractivity contribution in [2.75, 3.05) is 13.1 Å². The predicted octanol–water partition coefficient (Wildman–Crippen LogP) is 3.60. The van der Waals surface area contributed by atoms with Crippen LogP contribution in [0.2, 0.25) is 5.02 Å². The van der Waals surface area contributed by atoms with Crippen LogP contribution >= 0.6 is 11.6 Å². The molecule has 0 bridgehead atoms. The van der Waals surface area contributed by atoms with Crippen molar-refractivity contribution < 1.29 is 4.79 Å². The van der Waals surface area contributed by atoms with Crippen molar-refractivity contribution in [3.63, 3.8) is 0 Å². The third-order valence-corrected chi connectivity index (χ3v) is 4.20. The third kappa shape index (κ3) is 2.95. The smallest absolute Gasteiger partial charge is 0.257 e. The summed E-state index contributed by atoms with van der Waals surface area (Å²) in [7, 11) is 0. The lowest BCUT2D eigenvalue weighted by atomic mass is 9.99. The van der Waals surface area contributed by atoms with Crippen LogP contribution in [0.25, 0.3) is 11.3 Å². The van der Waals surface area contributed by atoms with E-state index in [1.54, 1.807) is 6.20 Å². The summed E-state index contributed by atoms with van der Waals surface area (Å²) in [6, 6.07) is 7.42. The summed E-state index contributed by atoms with van der Waals surface area (Å²) >= 11 is 5.91. The standard InChI is InChI=1S/C16H18ClN3O/c1-11-3-2-8-20(10-11)16(21)14-9-18-19-15(14)12-4-6-13(17)7-5-12/h4-7,9,11H,2-3,8,10H2,1H3,(H,18,19)/t11-/m1/s1. The number of piperidine rings is 1. The molecule has 5 heteroatoms. The molecule has 0 aliphatic carbocycles. The Labute approximate surface area is 129 Å². The lowest BCUT2D eigenvalue weighted by Crippen LogP contribution is -2.39. The Morgan fingerprint density at radius 1 is 1.38 bits per heavy atom. The van der Waals surface area contributed by atoms with Gasteiger partial charge in [-0.15, -0.1) is 0 Å². The number of likely N-dealkylation sites (tertiary alicyclic amines) is 1. The Balaban J connectivity index is 1.88. The van der Waals surface area contributed by atoms with Crippen LogP contribution in [-0.2, 0) is 0 Å². The normalized spacial score (nSPS) is 18.8. The van der Waals surface area contributed by atoms with Crippen LogP contribution in [0.5, 0.6) is 0 Å². The summed E-state index contributed by atoms with van der Waals surface area (Å²) in [5, 5.41) is 7.66. The van der Waals surface area contributed by atoms with Gasteiger partial charge in [-0.1, -0.05) is 30.7 Å². The first-order valence-corrected chi connectivity index (χ1v) is 7.61. The highest BCUT2D eigenvalue weighted by Gasteiger charge is 2.25. The van der Waals surface area contributed by atoms with E-state index in [9.17, 15) is 4.79 Å². The molecule has 1 aliphatic heterocycles. The SMILES string of the molecule is C[C@@H]1CCCN(C(=O)c2cn[nH]c2-c2ccc(Cl)cc2)C1. The lowest BCUT2D eigenvalue weighted by Gasteiger charge is -2.30. The maximum atomic E-state index is 12.7. The minimum absolute atomic E-state index is 0.0558. The highest BCUT2D eigenvalue weighted by atomic mass is 35.5. The van der Waals surface area contributed by atoms with E-state index in [2.05, 4.69) is 17.1 Å². The molecule has 0 unspecified atom stereocenters. The van der Waals surface area contributed by atoms with E-state index < -0.39 is 0 Å². The van der Waals surface area contributed by atoms with Gasteiger partial charge in [-0.3, -0.25) is 9.89 Å². The number of carbonyl (C=O) groups excluding carboxylic acids is 1. The highest BCUT2D eigenvalue weighted by molar-refractivity contribution is 6.30. The molecular formula is C16H18ClN3O. The summed E-state index contributed by atoms with van der Waals surface area (Å²) in [5.41, 5.74) is 2.31. The van der Waals surface area contributed by atoms with Crippen LogP contribution in [0.1, 0.15) is 30.1 Å². The molecule has 1 fully saturated rings. The molecule has 110 valence electrons. The minimum atomic E-state index is 0.0558. The number of H-pyrrole nitrogens is 1. The van der Waals surface area contributed by atoms with Gasteiger partial charge in [0.25, 0.3) is 5.91 Å². The molecule has 2 aromatic rings. The van der Waals surface area contributed by atoms with Gasteiger partial charge in [0.1, 0.15) is 0 Å². The van der Waals surface area contributed by atoms with Crippen LogP contribution in [-0.4, -0.2) is 34.1 Å². The van der Waals surface area contributed by atoms with Crippen molar-refractivity contribution in [2.24, 2.45) is 5.92 Å². The zero-order chi connectivity index (χ0) is 14.8. The number of halogens is 1. The monoisotopic (exact) mass is 303 g/mol. The van der Waals surface area contributed by atoms with E-state index in [0.717, 1.165) is 30.8 Å². The minimum Gasteiger partial charge on any atom is -0.338 e. The number of amides is 1. The second kappa shape index (κ2) is 5.90. The van der Waals surface area contributed by atoms with Crippen molar-refractivity contribution in [1.29, 1.82) is 0 Å². The summed E-state index contributed by atoms with van der Waals surface area (Å²) in [6.45, 7) is 3.84. The average Bonchev–Trinajstić information content (AvgIpc) is 2.96. The molecule has 1 atom stereocenters. The molecule has 1 aromatic heterocycles. The number of hydrogen-bond donors (Lipinski definition) is 1. The maximum absolute atomic E-state index is 12.7. The Hall–Kier alpha value is -1.81. The molecule has 0 spiro atoms. The molecular weight excluding hydrogens is 286 g/mol. The number of nitrogens with zero attached hydrogens (tertiary/aromatic N) is 2. The first-order valence-electron chi connectivity index (χ1n) is 7.23. The van der Waals surface area contributed by atoms with Gasteiger partial charge in [0.2, 0.25) is 0 Å². The Bertz CT molecular complexity index is 635. The van der Waals surface area contributed by atoms with Gasteiger partial charge in [-0.2, -0.15) is 5.10 Å². The van der Waals surface area contributed by atoms with Gasteiger partial charge in [-0.25, -0.2) is 0 Å². The quantitative estimate of drug-likeness (QED) is 0.921. The number of hydrogen-bond acceptors (Lipinski definition) is 2. The number of rotatable bonds is 2. The van der Waals surface area contributed by atoms with Gasteiger partial charge in [-0.05, 0) is 30.9 Å². The van der Waals surface area contributed by atoms with Crippen molar-refractivity contribution in [1.82, 2.24) is 15.1 Å². The van der Waals surface area contributed by atoms with Gasteiger partial charge in [0.05, 0.1) is 17.5 Å². The first-order chi connectivity index (χ1) is 10.1. The molecule has 1 saturated heterocycles. The molecule has 2 heterocycles. The molecule has 21 heavy (non-hydrogen) atoms. The fourth-order valence-corrected chi connectivity index (χ4v) is 2.96. The second-order valence-electron chi connectivity index (χ2n) is 5.66. The maximum Gasteiger partial charge on any atom is 0.257 e. The summed E-state index contributed by atoms with van der Waals surface area (Å²) in [4.78, 5) is 14.6. The largest absolute Gasteiger partial charge is 0.338 e. The zero-order valence-corrected chi connectivity index (χ0v) is 12.7. The zero-order valence-electron chi connectivity index (χ0n) is 12.0. The molecule has 1 N–H and O–H groups in total. The van der Waals surface area contributed by atoms with Crippen LogP contribution < -0.4 is 0 Å². The number of aromatic amines is 1. The van der Waals surface area contributed by atoms with E-state index >= 15 is 0 Å². The predicted molar refractivity (Wildman–Crippen MR) is 83.3 cm³/mol. The number of nitrogens with one attached hydrogen (secondary N) is 1. The van der Waals surface area contributed by atoms with Gasteiger partial charge < -0.3 is 4.90 Å². The van der Waals surface area contributed by atoms with E-state index in [1.807, 2.05) is 29.2 Å². The molecule has 1 amide bonds. The Kier molecular flexibility index (Phi) is 3.97. The fourth-order valence-electron chi connectivity index (χ4n) is 2.83. The van der Waals surface area contributed by atoms with E-state index in [1.165, 1.54) is 6.42 Å². The van der Waals surface area contributed by atoms with Crippen molar-refractivity contribution in [3.8, 4) is 11.3 Å². The molecule has 3 rings (SSSR count). The van der Waals surface area contributed by atoms with Crippen molar-refractivity contribution in [2.45, 2.75) is 19.8 Å². The molecule has 1 aromatic carbocycles. The van der Waals surface area contributed by atoms with Crippen LogP contribution in [0.3, 0.4) is 0 Å². The Morgan fingerprint density at radius 2 is 2.14 bits per heavy atom. The van der Waals surface area contributed by atoms with E-state index in [4.69, 9.17) is 11.6 Å². The van der Waals surface area contributed by atoms with Crippen molar-refractivity contribution >= 4 is 17.5 Å². The van der Waals surface area contributed by atoms with Crippen LogP contribution in [0.4, 0.5) is 0 Å². The molecule has 0 radical (unpaired) electrons. The molecule has 4 nitrogen and oxygen atoms in total. The summed E-state index contributed by atoms with van der Waals surface area (Å²) in [6.07, 6.45) is 3.88. The van der Waals surface area contributed by atoms with Gasteiger partial charge in [0.15, 0.2) is 0 Å². The average molecular weight is 304 g/mol. The van der Waals surface area contributed by atoms with Crippen LogP contribution in [0.15, 0.2) is 30.5 Å². The molecule has 0 saturated carbocycles. The number of aromatic nitrogens is 2. The number of benzene rings is 1. The number of carbonyl (C=O) groups is 1. The lowest BCUT2D eigenvalue weighted by molar-refractivity contribution is 0.0684. The topological polar surface area (TPSA) is 49.0 Å². The fraction of sp³-hybridized carbons (Fsp3) is 0.375. The van der Waals surface area contributed by atoms with Gasteiger partial charge >= 0.3 is 0 Å². The first kappa shape index (κ1) is 14.1. The van der Waals surface area contributed by atoms with E-state index in [-0.39, 0.29) is 5.91 Å². The molecule has 1 aliphatic rings. The van der Waals surface area contributed by atoms with Gasteiger partial charge in [0, 0.05) is 23.7 Å². The summed E-state index contributed by atoms with van der Waals surface area (Å²) in [5.74, 6) is 0.619.